The summed E-state index contributed by atoms with van der Waals surface area (Å²) in [5, 5.41) is 2.70. The van der Waals surface area contributed by atoms with E-state index in [0.29, 0.717) is 17.8 Å². The highest BCUT2D eigenvalue weighted by Gasteiger charge is 2.05. The van der Waals surface area contributed by atoms with Crippen molar-refractivity contribution in [1.82, 2.24) is 4.90 Å². The highest BCUT2D eigenvalue weighted by molar-refractivity contribution is 5.90. The largest absolute Gasteiger partial charge is 0.328 e. The van der Waals surface area contributed by atoms with Gasteiger partial charge in [-0.05, 0) is 19.1 Å². The van der Waals surface area contributed by atoms with Gasteiger partial charge in [0.1, 0.15) is 6.29 Å². The molecule has 0 aromatic heterocycles. The molecule has 0 spiro atoms. The topological polar surface area (TPSA) is 49.4 Å². The highest BCUT2D eigenvalue weighted by atomic mass is 16.2. The lowest BCUT2D eigenvalue weighted by Crippen LogP contribution is -2.30. The summed E-state index contributed by atoms with van der Waals surface area (Å²) in [6, 6.07) is 6.61. The Morgan fingerprint density at radius 2 is 2.27 bits per heavy atom. The van der Waals surface area contributed by atoms with Crippen LogP contribution in [0.15, 0.2) is 24.3 Å². The molecule has 0 aliphatic rings. The van der Waals surface area contributed by atoms with Crippen LogP contribution >= 0.6 is 0 Å². The molecule has 0 bridgehead atoms. The number of aldehydes is 1. The molecule has 0 unspecified atom stereocenters. The number of nitrogens with zero attached hydrogens (tertiary/aromatic N) is 1. The van der Waals surface area contributed by atoms with Gasteiger partial charge in [-0.3, -0.25) is 4.79 Å². The second-order valence-electron chi connectivity index (χ2n) is 3.19. The molecule has 0 aliphatic heterocycles. The predicted octanol–water partition coefficient (Wildman–Crippen LogP) is 1.98. The van der Waals surface area contributed by atoms with Gasteiger partial charge >= 0.3 is 6.03 Å². The van der Waals surface area contributed by atoms with Crippen molar-refractivity contribution in [2.24, 2.45) is 0 Å². The van der Waals surface area contributed by atoms with Crippen LogP contribution < -0.4 is 5.32 Å². The predicted molar refractivity (Wildman–Crippen MR) is 59.2 cm³/mol. The maximum absolute atomic E-state index is 11.5. The van der Waals surface area contributed by atoms with Gasteiger partial charge in [0.15, 0.2) is 0 Å². The number of rotatable bonds is 3. The minimum Gasteiger partial charge on any atom is -0.328 e. The first-order valence-corrected chi connectivity index (χ1v) is 4.74. The lowest BCUT2D eigenvalue weighted by Gasteiger charge is -2.15. The summed E-state index contributed by atoms with van der Waals surface area (Å²) in [5.74, 6) is 0. The summed E-state index contributed by atoms with van der Waals surface area (Å²) in [4.78, 5) is 23.5. The molecule has 0 atom stereocenters. The molecular weight excluding hydrogens is 192 g/mol. The first-order valence-electron chi connectivity index (χ1n) is 4.74. The van der Waals surface area contributed by atoms with E-state index < -0.39 is 0 Å². The van der Waals surface area contributed by atoms with E-state index in [1.54, 1.807) is 36.2 Å². The average molecular weight is 206 g/mol. The minimum absolute atomic E-state index is 0.180. The van der Waals surface area contributed by atoms with E-state index in [1.807, 2.05) is 6.92 Å². The molecule has 0 radical (unpaired) electrons. The maximum Gasteiger partial charge on any atom is 0.321 e. The number of hydrogen-bond donors (Lipinski definition) is 1. The number of nitrogens with one attached hydrogen (secondary N) is 1. The molecule has 0 fully saturated rings. The normalized spacial score (nSPS) is 9.47. The number of amides is 2. The number of carbonyl (C=O) groups excluding carboxylic acids is 2. The van der Waals surface area contributed by atoms with Crippen molar-refractivity contribution in [3.05, 3.63) is 29.8 Å². The van der Waals surface area contributed by atoms with Gasteiger partial charge in [0, 0.05) is 24.8 Å². The Kier molecular flexibility index (Phi) is 3.85. The zero-order valence-corrected chi connectivity index (χ0v) is 8.86. The summed E-state index contributed by atoms with van der Waals surface area (Å²) in [6.07, 6.45) is 0.749. The minimum atomic E-state index is -0.180. The molecule has 0 saturated heterocycles. The van der Waals surface area contributed by atoms with Crippen molar-refractivity contribution < 1.29 is 9.59 Å². The van der Waals surface area contributed by atoms with Crippen molar-refractivity contribution in [3.63, 3.8) is 0 Å². The van der Waals surface area contributed by atoms with Crippen LogP contribution in [-0.4, -0.2) is 30.8 Å². The number of urea groups is 1. The molecule has 1 rings (SSSR count). The fourth-order valence-corrected chi connectivity index (χ4v) is 1.05. The second-order valence-corrected chi connectivity index (χ2v) is 3.19. The Bertz CT molecular complexity index is 363. The monoisotopic (exact) mass is 206 g/mol. The number of anilines is 1. The van der Waals surface area contributed by atoms with Crippen molar-refractivity contribution in [2.45, 2.75) is 6.92 Å². The van der Waals surface area contributed by atoms with Gasteiger partial charge in [0.05, 0.1) is 0 Å². The van der Waals surface area contributed by atoms with Gasteiger partial charge in [0.25, 0.3) is 0 Å². The van der Waals surface area contributed by atoms with Crippen LogP contribution in [0.3, 0.4) is 0 Å². The fourth-order valence-electron chi connectivity index (χ4n) is 1.05. The lowest BCUT2D eigenvalue weighted by molar-refractivity contribution is 0.112. The Morgan fingerprint density at radius 1 is 1.53 bits per heavy atom. The number of carbonyl (C=O) groups is 2. The van der Waals surface area contributed by atoms with Gasteiger partial charge < -0.3 is 10.2 Å². The standard InChI is InChI=1S/C11H14N2O2/c1-3-13(2)11(15)12-10-6-4-5-9(7-10)8-14/h4-8H,3H2,1-2H3,(H,12,15). The van der Waals surface area contributed by atoms with Crippen LogP contribution in [0.1, 0.15) is 17.3 Å². The van der Waals surface area contributed by atoms with Gasteiger partial charge in [0.2, 0.25) is 0 Å². The van der Waals surface area contributed by atoms with Crippen LogP contribution in [0, 0.1) is 0 Å². The van der Waals surface area contributed by atoms with Crippen LogP contribution in [0.4, 0.5) is 10.5 Å². The lowest BCUT2D eigenvalue weighted by atomic mass is 10.2. The van der Waals surface area contributed by atoms with Crippen molar-refractivity contribution in [1.29, 1.82) is 0 Å². The summed E-state index contributed by atoms with van der Waals surface area (Å²) >= 11 is 0. The van der Waals surface area contributed by atoms with Gasteiger partial charge in [-0.25, -0.2) is 4.79 Å². The smallest absolute Gasteiger partial charge is 0.321 e. The molecule has 15 heavy (non-hydrogen) atoms. The molecule has 1 aromatic rings. The van der Waals surface area contributed by atoms with Gasteiger partial charge in [-0.15, -0.1) is 0 Å². The van der Waals surface area contributed by atoms with Crippen molar-refractivity contribution in [2.75, 3.05) is 18.9 Å². The van der Waals surface area contributed by atoms with Crippen LogP contribution in [0.2, 0.25) is 0 Å². The fraction of sp³-hybridized carbons (Fsp3) is 0.273. The summed E-state index contributed by atoms with van der Waals surface area (Å²) in [6.45, 7) is 2.53. The molecule has 1 N–H and O–H groups in total. The Hall–Kier alpha value is -1.84. The Morgan fingerprint density at radius 3 is 2.87 bits per heavy atom. The van der Waals surface area contributed by atoms with E-state index in [4.69, 9.17) is 0 Å². The quantitative estimate of drug-likeness (QED) is 0.769. The van der Waals surface area contributed by atoms with Gasteiger partial charge in [-0.1, -0.05) is 12.1 Å². The Balaban J connectivity index is 2.72. The van der Waals surface area contributed by atoms with E-state index in [-0.39, 0.29) is 6.03 Å². The van der Waals surface area contributed by atoms with Crippen LogP contribution in [0.5, 0.6) is 0 Å². The van der Waals surface area contributed by atoms with Crippen molar-refractivity contribution in [3.8, 4) is 0 Å². The van der Waals surface area contributed by atoms with E-state index in [1.165, 1.54) is 0 Å². The third-order valence-corrected chi connectivity index (χ3v) is 2.10. The summed E-state index contributed by atoms with van der Waals surface area (Å²) in [7, 11) is 1.71. The second kappa shape index (κ2) is 5.14. The first kappa shape index (κ1) is 11.2. The Labute approximate surface area is 88.9 Å². The molecule has 1 aromatic carbocycles. The SMILES string of the molecule is CCN(C)C(=O)Nc1cccc(C=O)c1. The molecule has 0 heterocycles. The molecule has 0 aliphatic carbocycles. The van der Waals surface area contributed by atoms with E-state index in [2.05, 4.69) is 5.32 Å². The number of hydrogen-bond acceptors (Lipinski definition) is 2. The van der Waals surface area contributed by atoms with Crippen LogP contribution in [-0.2, 0) is 0 Å². The van der Waals surface area contributed by atoms with E-state index in [0.717, 1.165) is 6.29 Å². The average Bonchev–Trinajstić information content (AvgIpc) is 2.28. The third kappa shape index (κ3) is 3.09. The third-order valence-electron chi connectivity index (χ3n) is 2.10. The van der Waals surface area contributed by atoms with Crippen LogP contribution in [0.25, 0.3) is 0 Å². The van der Waals surface area contributed by atoms with E-state index in [9.17, 15) is 9.59 Å². The molecule has 0 saturated carbocycles. The molecule has 4 heteroatoms. The molecule has 2 amide bonds. The first-order chi connectivity index (χ1) is 7.17. The maximum atomic E-state index is 11.5. The zero-order valence-electron chi connectivity index (χ0n) is 8.86. The zero-order chi connectivity index (χ0) is 11.3. The molecule has 4 nitrogen and oxygen atoms in total. The van der Waals surface area contributed by atoms with Crippen molar-refractivity contribution >= 4 is 18.0 Å². The van der Waals surface area contributed by atoms with Gasteiger partial charge in [-0.2, -0.15) is 0 Å². The van der Waals surface area contributed by atoms with E-state index >= 15 is 0 Å². The molecule has 80 valence electrons. The highest BCUT2D eigenvalue weighted by Crippen LogP contribution is 2.09. The number of benzene rings is 1. The molecular formula is C11H14N2O2. The summed E-state index contributed by atoms with van der Waals surface area (Å²) in [5.41, 5.74) is 1.18. The summed E-state index contributed by atoms with van der Waals surface area (Å²) < 4.78 is 0.